The second-order valence-corrected chi connectivity index (χ2v) is 6.33. The molecule has 0 aliphatic carbocycles. The lowest BCUT2D eigenvalue weighted by Crippen LogP contribution is -2.23. The number of esters is 1. The maximum Gasteiger partial charge on any atom is 0.338 e. The highest BCUT2D eigenvalue weighted by atomic mass is 35.5. The highest BCUT2D eigenvalue weighted by molar-refractivity contribution is 6.32. The Morgan fingerprint density at radius 3 is 2.36 bits per heavy atom. The predicted molar refractivity (Wildman–Crippen MR) is 87.4 cm³/mol. The van der Waals surface area contributed by atoms with Crippen LogP contribution in [0.25, 0.3) is 0 Å². The van der Waals surface area contributed by atoms with E-state index in [0.717, 1.165) is 5.56 Å². The fraction of sp³-hybridized carbons (Fsp3) is 0.278. The van der Waals surface area contributed by atoms with Crippen molar-refractivity contribution in [1.82, 2.24) is 0 Å². The van der Waals surface area contributed by atoms with Crippen molar-refractivity contribution >= 4 is 17.6 Å². The molecule has 0 spiro atoms. The summed E-state index contributed by atoms with van der Waals surface area (Å²) in [5, 5.41) is 0.388. The minimum absolute atomic E-state index is 0.388. The molecule has 0 aromatic heterocycles. The summed E-state index contributed by atoms with van der Waals surface area (Å²) in [5.41, 5.74) is 0.924. The fourth-order valence-corrected chi connectivity index (χ4v) is 2.05. The lowest BCUT2D eigenvalue weighted by Gasteiger charge is -2.19. The maximum absolute atomic E-state index is 12.0. The van der Waals surface area contributed by atoms with Gasteiger partial charge in [-0.3, -0.25) is 0 Å². The summed E-state index contributed by atoms with van der Waals surface area (Å²) < 4.78 is 11.0. The van der Waals surface area contributed by atoms with Gasteiger partial charge in [0.1, 0.15) is 18.0 Å². The van der Waals surface area contributed by atoms with Crippen molar-refractivity contribution < 1.29 is 14.3 Å². The Morgan fingerprint density at radius 1 is 1.09 bits per heavy atom. The SMILES string of the molecule is CC(C)(C)OC(=O)c1ccc(OCc2ccccc2)c(Cl)c1. The lowest BCUT2D eigenvalue weighted by molar-refractivity contribution is 0.00695. The van der Waals surface area contributed by atoms with E-state index in [0.29, 0.717) is 22.9 Å². The van der Waals surface area contributed by atoms with Crippen LogP contribution in [0.3, 0.4) is 0 Å². The Balaban J connectivity index is 2.05. The van der Waals surface area contributed by atoms with Gasteiger partial charge in [-0.05, 0) is 44.5 Å². The Kier molecular flexibility index (Phi) is 5.09. The van der Waals surface area contributed by atoms with E-state index in [4.69, 9.17) is 21.1 Å². The molecule has 0 amide bonds. The van der Waals surface area contributed by atoms with E-state index in [2.05, 4.69) is 0 Å². The van der Waals surface area contributed by atoms with E-state index in [1.54, 1.807) is 18.2 Å². The van der Waals surface area contributed by atoms with Crippen molar-refractivity contribution in [3.8, 4) is 5.75 Å². The van der Waals surface area contributed by atoms with Crippen molar-refractivity contribution in [2.24, 2.45) is 0 Å². The average molecular weight is 319 g/mol. The summed E-state index contributed by atoms with van der Waals surface area (Å²) in [7, 11) is 0. The van der Waals surface area contributed by atoms with Gasteiger partial charge in [0.25, 0.3) is 0 Å². The molecule has 4 heteroatoms. The van der Waals surface area contributed by atoms with Crippen molar-refractivity contribution in [2.45, 2.75) is 33.0 Å². The summed E-state index contributed by atoms with van der Waals surface area (Å²) in [6.07, 6.45) is 0. The molecule has 0 unspecified atom stereocenters. The second-order valence-electron chi connectivity index (χ2n) is 5.92. The van der Waals surface area contributed by atoms with Crippen LogP contribution in [0.2, 0.25) is 5.02 Å². The molecule has 3 nitrogen and oxygen atoms in total. The van der Waals surface area contributed by atoms with Crippen LogP contribution >= 0.6 is 11.6 Å². The Morgan fingerprint density at radius 2 is 1.77 bits per heavy atom. The van der Waals surface area contributed by atoms with Crippen LogP contribution in [0.5, 0.6) is 5.75 Å². The highest BCUT2D eigenvalue weighted by Crippen LogP contribution is 2.27. The number of rotatable bonds is 4. The van der Waals surface area contributed by atoms with E-state index in [-0.39, 0.29) is 0 Å². The zero-order chi connectivity index (χ0) is 16.2. The van der Waals surface area contributed by atoms with Gasteiger partial charge in [-0.25, -0.2) is 4.79 Å². The van der Waals surface area contributed by atoms with Crippen molar-refractivity contribution in [3.63, 3.8) is 0 Å². The molecule has 2 aromatic carbocycles. The first kappa shape index (κ1) is 16.4. The molecule has 0 bridgehead atoms. The minimum Gasteiger partial charge on any atom is -0.487 e. The molecular formula is C18H19ClO3. The van der Waals surface area contributed by atoms with Crippen molar-refractivity contribution in [1.29, 1.82) is 0 Å². The maximum atomic E-state index is 12.0. The third-order valence-corrected chi connectivity index (χ3v) is 3.10. The number of benzene rings is 2. The van der Waals surface area contributed by atoms with Crippen molar-refractivity contribution in [3.05, 3.63) is 64.7 Å². The quantitative estimate of drug-likeness (QED) is 0.754. The zero-order valence-corrected chi connectivity index (χ0v) is 13.7. The molecule has 0 heterocycles. The number of ether oxygens (including phenoxy) is 2. The minimum atomic E-state index is -0.536. The van der Waals surface area contributed by atoms with Gasteiger partial charge < -0.3 is 9.47 Å². The summed E-state index contributed by atoms with van der Waals surface area (Å²) in [6, 6.07) is 14.7. The standard InChI is InChI=1S/C18H19ClO3/c1-18(2,3)22-17(20)14-9-10-16(15(19)11-14)21-12-13-7-5-4-6-8-13/h4-11H,12H2,1-3H3. The summed E-state index contributed by atoms with van der Waals surface area (Å²) in [5.74, 6) is 0.141. The number of hydrogen-bond donors (Lipinski definition) is 0. The Labute approximate surface area is 135 Å². The number of hydrogen-bond acceptors (Lipinski definition) is 3. The van der Waals surface area contributed by atoms with Gasteiger partial charge in [0.15, 0.2) is 0 Å². The third kappa shape index (κ3) is 4.78. The van der Waals surface area contributed by atoms with Crippen LogP contribution in [0.1, 0.15) is 36.7 Å². The molecule has 0 atom stereocenters. The molecule has 2 rings (SSSR count). The fourth-order valence-electron chi connectivity index (χ4n) is 1.82. The van der Waals surface area contributed by atoms with Gasteiger partial charge in [0, 0.05) is 0 Å². The lowest BCUT2D eigenvalue weighted by atomic mass is 10.1. The third-order valence-electron chi connectivity index (χ3n) is 2.80. The van der Waals surface area contributed by atoms with Crippen LogP contribution in [-0.2, 0) is 11.3 Å². The van der Waals surface area contributed by atoms with Crippen LogP contribution in [0.4, 0.5) is 0 Å². The van der Waals surface area contributed by atoms with Crippen LogP contribution < -0.4 is 4.74 Å². The first-order valence-electron chi connectivity index (χ1n) is 7.05. The molecule has 0 saturated heterocycles. The van der Waals surface area contributed by atoms with Gasteiger partial charge in [-0.15, -0.1) is 0 Å². The van der Waals surface area contributed by atoms with Crippen LogP contribution in [-0.4, -0.2) is 11.6 Å². The summed E-state index contributed by atoms with van der Waals surface area (Å²) >= 11 is 6.18. The van der Waals surface area contributed by atoms with E-state index < -0.39 is 11.6 Å². The van der Waals surface area contributed by atoms with E-state index >= 15 is 0 Å². The Hall–Kier alpha value is -2.00. The Bertz CT molecular complexity index is 645. The summed E-state index contributed by atoms with van der Waals surface area (Å²) in [6.45, 7) is 5.89. The van der Waals surface area contributed by atoms with Gasteiger partial charge in [-0.2, -0.15) is 0 Å². The zero-order valence-electron chi connectivity index (χ0n) is 12.9. The van der Waals surface area contributed by atoms with Gasteiger partial charge in [0.2, 0.25) is 0 Å². The van der Waals surface area contributed by atoms with E-state index in [1.165, 1.54) is 0 Å². The van der Waals surface area contributed by atoms with Crippen molar-refractivity contribution in [2.75, 3.05) is 0 Å². The van der Waals surface area contributed by atoms with E-state index in [9.17, 15) is 4.79 Å². The molecule has 0 aliphatic rings. The highest BCUT2D eigenvalue weighted by Gasteiger charge is 2.18. The molecule has 2 aromatic rings. The molecule has 0 N–H and O–H groups in total. The molecule has 0 radical (unpaired) electrons. The molecule has 0 saturated carbocycles. The largest absolute Gasteiger partial charge is 0.487 e. The van der Waals surface area contributed by atoms with Gasteiger partial charge in [-0.1, -0.05) is 41.9 Å². The monoisotopic (exact) mass is 318 g/mol. The van der Waals surface area contributed by atoms with Crippen LogP contribution in [0, 0.1) is 0 Å². The number of halogens is 1. The topological polar surface area (TPSA) is 35.5 Å². The first-order valence-corrected chi connectivity index (χ1v) is 7.42. The molecule has 0 fully saturated rings. The average Bonchev–Trinajstić information content (AvgIpc) is 2.45. The molecular weight excluding hydrogens is 300 g/mol. The predicted octanol–water partition coefficient (Wildman–Crippen LogP) is 4.87. The molecule has 116 valence electrons. The number of carbonyl (C=O) groups excluding carboxylic acids is 1. The van der Waals surface area contributed by atoms with Gasteiger partial charge in [0.05, 0.1) is 10.6 Å². The smallest absolute Gasteiger partial charge is 0.338 e. The first-order chi connectivity index (χ1) is 10.3. The number of carbonyl (C=O) groups is 1. The molecule has 0 aliphatic heterocycles. The van der Waals surface area contributed by atoms with E-state index in [1.807, 2.05) is 51.1 Å². The molecule has 22 heavy (non-hydrogen) atoms. The van der Waals surface area contributed by atoms with Gasteiger partial charge >= 0.3 is 5.97 Å². The summed E-state index contributed by atoms with van der Waals surface area (Å²) in [4.78, 5) is 12.0. The second kappa shape index (κ2) is 6.84. The van der Waals surface area contributed by atoms with Crippen LogP contribution in [0.15, 0.2) is 48.5 Å². The normalized spacial score (nSPS) is 11.1.